The van der Waals surface area contributed by atoms with E-state index in [1.807, 2.05) is 24.3 Å². The second-order valence-corrected chi connectivity index (χ2v) is 6.36. The van der Waals surface area contributed by atoms with Gasteiger partial charge in [0.2, 0.25) is 5.89 Å². The minimum Gasteiger partial charge on any atom is -0.467 e. The monoisotopic (exact) mass is 354 g/mol. The third-order valence-corrected chi connectivity index (χ3v) is 3.71. The molecule has 3 aromatic rings. The number of rotatable bonds is 8. The minimum absolute atomic E-state index is 0.185. The summed E-state index contributed by atoms with van der Waals surface area (Å²) >= 11 is 0. The Balaban J connectivity index is 1.61. The highest BCUT2D eigenvalue weighted by Crippen LogP contribution is 2.16. The molecular weight excluding hydrogens is 332 g/mol. The van der Waals surface area contributed by atoms with Crippen LogP contribution in [0, 0.1) is 5.92 Å². The predicted molar refractivity (Wildman–Crippen MR) is 96.5 cm³/mol. The highest BCUT2D eigenvalue weighted by Gasteiger charge is 2.13. The first kappa shape index (κ1) is 17.7. The summed E-state index contributed by atoms with van der Waals surface area (Å²) in [4.78, 5) is 16.8. The van der Waals surface area contributed by atoms with E-state index in [4.69, 9.17) is 8.94 Å². The zero-order chi connectivity index (χ0) is 18.4. The van der Waals surface area contributed by atoms with Crippen molar-refractivity contribution in [3.63, 3.8) is 0 Å². The lowest BCUT2D eigenvalue weighted by molar-refractivity contribution is 0.0949. The van der Waals surface area contributed by atoms with Crippen molar-refractivity contribution >= 4 is 11.6 Å². The molecule has 2 aromatic heterocycles. The number of furan rings is 1. The summed E-state index contributed by atoms with van der Waals surface area (Å²) in [6, 6.07) is 10.9. The van der Waals surface area contributed by atoms with Gasteiger partial charge in [-0.05, 0) is 30.2 Å². The molecule has 0 saturated heterocycles. The summed E-state index contributed by atoms with van der Waals surface area (Å²) in [7, 11) is 0. The van der Waals surface area contributed by atoms with E-state index in [9.17, 15) is 4.79 Å². The summed E-state index contributed by atoms with van der Waals surface area (Å²) < 4.78 is 10.5. The Morgan fingerprint density at radius 3 is 2.77 bits per heavy atom. The van der Waals surface area contributed by atoms with Gasteiger partial charge in [-0.15, -0.1) is 0 Å². The van der Waals surface area contributed by atoms with Crippen molar-refractivity contribution in [3.8, 4) is 0 Å². The molecule has 0 radical (unpaired) electrons. The smallest absolute Gasteiger partial charge is 0.253 e. The molecule has 2 N–H and O–H groups in total. The molecule has 3 rings (SSSR count). The second-order valence-electron chi connectivity index (χ2n) is 6.36. The normalized spacial score (nSPS) is 10.9. The summed E-state index contributed by atoms with van der Waals surface area (Å²) in [5.74, 6) is 2.17. The Kier molecular flexibility index (Phi) is 5.68. The number of hydrogen-bond donors (Lipinski definition) is 2. The van der Waals surface area contributed by atoms with Gasteiger partial charge in [0.1, 0.15) is 5.76 Å². The molecule has 2 heterocycles. The van der Waals surface area contributed by atoms with Crippen LogP contribution in [0.5, 0.6) is 0 Å². The van der Waals surface area contributed by atoms with Crippen LogP contribution in [0.2, 0.25) is 0 Å². The predicted octanol–water partition coefficient (Wildman–Crippen LogP) is 3.40. The van der Waals surface area contributed by atoms with Gasteiger partial charge in [-0.3, -0.25) is 4.79 Å². The number of nitrogens with zero attached hydrogens (tertiary/aromatic N) is 2. The van der Waals surface area contributed by atoms with Crippen molar-refractivity contribution in [2.75, 3.05) is 5.32 Å². The molecule has 0 aliphatic carbocycles. The van der Waals surface area contributed by atoms with Gasteiger partial charge >= 0.3 is 0 Å². The maximum atomic E-state index is 12.5. The fraction of sp³-hybridized carbons (Fsp3) is 0.316. The average molecular weight is 354 g/mol. The first-order chi connectivity index (χ1) is 12.6. The van der Waals surface area contributed by atoms with Crippen LogP contribution in [0.3, 0.4) is 0 Å². The molecule has 0 fully saturated rings. The zero-order valence-corrected chi connectivity index (χ0v) is 14.9. The number of para-hydroxylation sites is 1. The molecule has 0 aliphatic rings. The van der Waals surface area contributed by atoms with E-state index in [1.54, 1.807) is 18.4 Å². The van der Waals surface area contributed by atoms with E-state index < -0.39 is 0 Å². The first-order valence-corrected chi connectivity index (χ1v) is 8.56. The summed E-state index contributed by atoms with van der Waals surface area (Å²) in [5.41, 5.74) is 1.24. The first-order valence-electron chi connectivity index (χ1n) is 8.56. The van der Waals surface area contributed by atoms with Crippen molar-refractivity contribution in [1.82, 2.24) is 15.5 Å². The van der Waals surface area contributed by atoms with E-state index in [1.165, 1.54) is 0 Å². The molecular formula is C19H22N4O3. The number of carbonyl (C=O) groups is 1. The van der Waals surface area contributed by atoms with Gasteiger partial charge < -0.3 is 19.6 Å². The van der Waals surface area contributed by atoms with Crippen molar-refractivity contribution < 1.29 is 13.7 Å². The summed E-state index contributed by atoms with van der Waals surface area (Å²) in [5, 5.41) is 10.00. The molecule has 0 saturated carbocycles. The van der Waals surface area contributed by atoms with Gasteiger partial charge in [-0.25, -0.2) is 0 Å². The van der Waals surface area contributed by atoms with Gasteiger partial charge in [0.15, 0.2) is 5.82 Å². The van der Waals surface area contributed by atoms with Crippen LogP contribution in [-0.2, 0) is 19.5 Å². The van der Waals surface area contributed by atoms with Crippen LogP contribution in [0.15, 0.2) is 51.6 Å². The van der Waals surface area contributed by atoms with Crippen molar-refractivity contribution in [1.29, 1.82) is 0 Å². The Morgan fingerprint density at radius 2 is 2.00 bits per heavy atom. The molecule has 136 valence electrons. The SMILES string of the molecule is CC(C)Cc1noc(CNc2ccccc2C(=O)NCc2ccco2)n1. The summed E-state index contributed by atoms with van der Waals surface area (Å²) in [6.07, 6.45) is 2.35. The number of aromatic nitrogens is 2. The number of hydrogen-bond acceptors (Lipinski definition) is 6. The molecule has 1 aromatic carbocycles. The number of benzene rings is 1. The zero-order valence-electron chi connectivity index (χ0n) is 14.9. The lowest BCUT2D eigenvalue weighted by Gasteiger charge is -2.10. The molecule has 7 heteroatoms. The van der Waals surface area contributed by atoms with Crippen LogP contribution in [0.1, 0.15) is 41.7 Å². The highest BCUT2D eigenvalue weighted by atomic mass is 16.5. The van der Waals surface area contributed by atoms with Gasteiger partial charge in [-0.1, -0.05) is 31.1 Å². The minimum atomic E-state index is -0.185. The van der Waals surface area contributed by atoms with Crippen LogP contribution in [-0.4, -0.2) is 16.0 Å². The molecule has 0 aliphatic heterocycles. The maximum Gasteiger partial charge on any atom is 0.253 e. The molecule has 7 nitrogen and oxygen atoms in total. The summed E-state index contributed by atoms with van der Waals surface area (Å²) in [6.45, 7) is 4.90. The van der Waals surface area contributed by atoms with Crippen LogP contribution in [0.4, 0.5) is 5.69 Å². The van der Waals surface area contributed by atoms with Gasteiger partial charge in [0.05, 0.1) is 24.9 Å². The standard InChI is InChI=1S/C19H22N4O3/c1-13(2)10-17-22-18(26-23-17)12-20-16-8-4-3-7-15(16)19(24)21-11-14-6-5-9-25-14/h3-9,13,20H,10-12H2,1-2H3,(H,21,24). The lowest BCUT2D eigenvalue weighted by Crippen LogP contribution is -2.23. The Bertz CT molecular complexity index is 840. The van der Waals surface area contributed by atoms with Crippen LogP contribution >= 0.6 is 0 Å². The van der Waals surface area contributed by atoms with E-state index in [-0.39, 0.29) is 5.91 Å². The van der Waals surface area contributed by atoms with E-state index in [2.05, 4.69) is 34.6 Å². The quantitative estimate of drug-likeness (QED) is 0.644. The van der Waals surface area contributed by atoms with Gasteiger partial charge in [0.25, 0.3) is 5.91 Å². The Hall–Kier alpha value is -3.09. The molecule has 0 spiro atoms. The molecule has 1 amide bonds. The average Bonchev–Trinajstić information content (AvgIpc) is 3.29. The van der Waals surface area contributed by atoms with Crippen LogP contribution < -0.4 is 10.6 Å². The number of amides is 1. The number of nitrogens with one attached hydrogen (secondary N) is 2. The third-order valence-electron chi connectivity index (χ3n) is 3.71. The molecule has 26 heavy (non-hydrogen) atoms. The number of anilines is 1. The fourth-order valence-corrected chi connectivity index (χ4v) is 2.49. The topological polar surface area (TPSA) is 93.2 Å². The largest absolute Gasteiger partial charge is 0.467 e. The number of carbonyl (C=O) groups excluding carboxylic acids is 1. The Morgan fingerprint density at radius 1 is 1.15 bits per heavy atom. The molecule has 0 atom stereocenters. The van der Waals surface area contributed by atoms with Crippen molar-refractivity contribution in [2.45, 2.75) is 33.4 Å². The molecule has 0 unspecified atom stereocenters. The highest BCUT2D eigenvalue weighted by molar-refractivity contribution is 5.99. The van der Waals surface area contributed by atoms with Crippen molar-refractivity contribution in [3.05, 3.63) is 65.7 Å². The van der Waals surface area contributed by atoms with Crippen molar-refractivity contribution in [2.24, 2.45) is 5.92 Å². The maximum absolute atomic E-state index is 12.5. The van der Waals surface area contributed by atoms with E-state index in [0.717, 1.165) is 6.42 Å². The lowest BCUT2D eigenvalue weighted by atomic mass is 10.1. The van der Waals surface area contributed by atoms with Gasteiger partial charge in [-0.2, -0.15) is 4.98 Å². The molecule has 0 bridgehead atoms. The second kappa shape index (κ2) is 8.33. The van der Waals surface area contributed by atoms with Crippen LogP contribution in [0.25, 0.3) is 0 Å². The Labute approximate surface area is 151 Å². The fourth-order valence-electron chi connectivity index (χ4n) is 2.49. The third kappa shape index (κ3) is 4.72. The van der Waals surface area contributed by atoms with Gasteiger partial charge in [0, 0.05) is 12.1 Å². The van der Waals surface area contributed by atoms with E-state index in [0.29, 0.717) is 47.7 Å². The van der Waals surface area contributed by atoms with E-state index >= 15 is 0 Å².